The zero-order valence-corrected chi connectivity index (χ0v) is 15.8. The van der Waals surface area contributed by atoms with Gasteiger partial charge in [-0.05, 0) is 12.1 Å². The summed E-state index contributed by atoms with van der Waals surface area (Å²) in [6, 6.07) is 16.5. The molecule has 0 radical (unpaired) electrons. The average molecular weight is 399 g/mol. The van der Waals surface area contributed by atoms with E-state index in [2.05, 4.69) is 20.3 Å². The molecule has 4 rings (SSSR count). The van der Waals surface area contributed by atoms with Gasteiger partial charge in [0.1, 0.15) is 40.9 Å². The molecule has 0 aliphatic heterocycles. The van der Waals surface area contributed by atoms with Gasteiger partial charge in [0.2, 0.25) is 0 Å². The lowest BCUT2D eigenvalue weighted by Gasteiger charge is -2.10. The number of carboxylic acid groups (broad SMARTS) is 1. The lowest BCUT2D eigenvalue weighted by atomic mass is 10.1. The quantitative estimate of drug-likeness (QED) is 0.449. The van der Waals surface area contributed by atoms with Crippen LogP contribution in [0.1, 0.15) is 21.7 Å². The number of nitrogens with zero attached hydrogens (tertiary/aromatic N) is 5. The topological polar surface area (TPSA) is 142 Å². The molecule has 4 aromatic rings. The first kappa shape index (κ1) is 18.9. The van der Waals surface area contributed by atoms with Crippen LogP contribution in [0.2, 0.25) is 0 Å². The summed E-state index contributed by atoms with van der Waals surface area (Å²) in [6.45, 7) is 0.414. The van der Waals surface area contributed by atoms with Crippen molar-refractivity contribution < 1.29 is 9.90 Å². The Bertz CT molecular complexity index is 1280. The third-order valence-electron chi connectivity index (χ3n) is 4.62. The molecule has 148 valence electrons. The predicted molar refractivity (Wildman–Crippen MR) is 111 cm³/mol. The van der Waals surface area contributed by atoms with E-state index in [4.69, 9.17) is 5.73 Å². The van der Waals surface area contributed by atoms with Crippen LogP contribution in [0.3, 0.4) is 0 Å². The van der Waals surface area contributed by atoms with Crippen molar-refractivity contribution in [3.63, 3.8) is 0 Å². The number of fused-ring (bicyclic) bond motifs is 1. The summed E-state index contributed by atoms with van der Waals surface area (Å²) < 4.78 is 1.65. The van der Waals surface area contributed by atoms with E-state index >= 15 is 0 Å². The number of benzene rings is 1. The van der Waals surface area contributed by atoms with Crippen LogP contribution in [0.5, 0.6) is 0 Å². The first-order chi connectivity index (χ1) is 14.6. The molecular weight excluding hydrogens is 382 g/mol. The summed E-state index contributed by atoms with van der Waals surface area (Å²) in [5.41, 5.74) is 8.89. The Labute approximate surface area is 171 Å². The van der Waals surface area contributed by atoms with E-state index in [9.17, 15) is 15.2 Å². The molecule has 3 heterocycles. The number of nitriles is 1. The second-order valence-electron chi connectivity index (χ2n) is 6.45. The number of aromatic carboxylic acids is 1. The van der Waals surface area contributed by atoms with Gasteiger partial charge in [-0.2, -0.15) is 5.26 Å². The number of aromatic nitrogens is 4. The molecule has 0 saturated carbocycles. The number of pyridine rings is 1. The summed E-state index contributed by atoms with van der Waals surface area (Å²) in [7, 11) is 0. The molecule has 0 bridgehead atoms. The van der Waals surface area contributed by atoms with Crippen LogP contribution < -0.4 is 11.1 Å². The van der Waals surface area contributed by atoms with Crippen LogP contribution in [-0.4, -0.2) is 37.0 Å². The number of nitrogens with one attached hydrogen (secondary N) is 1. The van der Waals surface area contributed by atoms with Gasteiger partial charge in [0, 0.05) is 18.5 Å². The van der Waals surface area contributed by atoms with Crippen molar-refractivity contribution in [2.24, 2.45) is 0 Å². The molecule has 0 saturated heterocycles. The van der Waals surface area contributed by atoms with E-state index in [1.807, 2.05) is 36.4 Å². The fourth-order valence-electron chi connectivity index (χ4n) is 3.32. The highest BCUT2D eigenvalue weighted by Gasteiger charge is 2.19. The lowest BCUT2D eigenvalue weighted by molar-refractivity contribution is 0.0689. The molecule has 9 nitrogen and oxygen atoms in total. The molecule has 0 aliphatic rings. The summed E-state index contributed by atoms with van der Waals surface area (Å²) in [5, 5.41) is 22.0. The third kappa shape index (κ3) is 3.38. The minimum absolute atomic E-state index is 0.110. The van der Waals surface area contributed by atoms with E-state index in [0.717, 1.165) is 11.3 Å². The van der Waals surface area contributed by atoms with Gasteiger partial charge in [-0.25, -0.2) is 19.7 Å². The van der Waals surface area contributed by atoms with E-state index in [1.165, 1.54) is 6.33 Å². The molecule has 0 spiro atoms. The third-order valence-corrected chi connectivity index (χ3v) is 4.62. The van der Waals surface area contributed by atoms with Crippen LogP contribution in [0.25, 0.3) is 16.9 Å². The molecule has 0 amide bonds. The molecule has 9 heteroatoms. The van der Waals surface area contributed by atoms with Gasteiger partial charge in [-0.3, -0.25) is 4.40 Å². The largest absolute Gasteiger partial charge is 0.477 e. The minimum atomic E-state index is -1.03. The van der Waals surface area contributed by atoms with Crippen LogP contribution in [-0.2, 0) is 6.42 Å². The fourth-order valence-corrected chi connectivity index (χ4v) is 3.32. The number of nitrogen functional groups attached to an aromatic ring is 1. The maximum atomic E-state index is 11.8. The molecule has 1 aromatic carbocycles. The van der Waals surface area contributed by atoms with Crippen LogP contribution in [0, 0.1) is 11.3 Å². The molecule has 0 aliphatic carbocycles. The normalized spacial score (nSPS) is 10.6. The average Bonchev–Trinajstić information content (AvgIpc) is 3.12. The number of imidazole rings is 1. The van der Waals surface area contributed by atoms with Gasteiger partial charge >= 0.3 is 5.97 Å². The predicted octanol–water partition coefficient (Wildman–Crippen LogP) is 2.60. The number of carboxylic acids is 1. The van der Waals surface area contributed by atoms with Crippen molar-refractivity contribution in [2.45, 2.75) is 6.42 Å². The molecule has 3 aromatic heterocycles. The Morgan fingerprint density at radius 1 is 1.17 bits per heavy atom. The standard InChI is InChI=1S/C21H17N7O2/c22-11-14-19(23)25-12-26-20(14)24-10-9-15-18(13-5-2-1-3-6-13)28-16(21(29)30)7-4-8-17(28)27-15/h1-8,12H,9-10H2,(H,29,30)(H3,23,24,25,26). The summed E-state index contributed by atoms with van der Waals surface area (Å²) in [4.78, 5) is 24.3. The van der Waals surface area contributed by atoms with Crippen LogP contribution in [0.4, 0.5) is 11.6 Å². The van der Waals surface area contributed by atoms with E-state index in [-0.39, 0.29) is 17.1 Å². The molecule has 0 atom stereocenters. The fraction of sp³-hybridized carbons (Fsp3) is 0.0952. The Morgan fingerprint density at radius 2 is 1.97 bits per heavy atom. The molecular formula is C21H17N7O2. The molecule has 30 heavy (non-hydrogen) atoms. The highest BCUT2D eigenvalue weighted by atomic mass is 16.4. The zero-order valence-electron chi connectivity index (χ0n) is 15.8. The monoisotopic (exact) mass is 399 g/mol. The van der Waals surface area contributed by atoms with Gasteiger partial charge in [0.05, 0.1) is 11.4 Å². The molecule has 0 fully saturated rings. The SMILES string of the molecule is N#Cc1c(N)ncnc1NCCc1nc2cccc(C(=O)O)n2c1-c1ccccc1. The Balaban J connectivity index is 1.73. The minimum Gasteiger partial charge on any atom is -0.477 e. The Kier molecular flexibility index (Phi) is 4.97. The van der Waals surface area contributed by atoms with Crippen molar-refractivity contribution in [1.82, 2.24) is 19.4 Å². The lowest BCUT2D eigenvalue weighted by Crippen LogP contribution is -2.11. The summed E-state index contributed by atoms with van der Waals surface area (Å²) in [6.07, 6.45) is 1.76. The number of rotatable bonds is 6. The number of anilines is 2. The first-order valence-electron chi connectivity index (χ1n) is 9.13. The van der Waals surface area contributed by atoms with Crippen molar-refractivity contribution >= 4 is 23.3 Å². The van der Waals surface area contributed by atoms with Crippen molar-refractivity contribution in [3.05, 3.63) is 71.8 Å². The van der Waals surface area contributed by atoms with Crippen molar-refractivity contribution in [2.75, 3.05) is 17.6 Å². The number of nitrogens with two attached hydrogens (primary N) is 1. The van der Waals surface area contributed by atoms with Gasteiger partial charge in [0.25, 0.3) is 0 Å². The van der Waals surface area contributed by atoms with Gasteiger partial charge in [-0.1, -0.05) is 36.4 Å². The number of hydrogen-bond donors (Lipinski definition) is 3. The van der Waals surface area contributed by atoms with Crippen LogP contribution in [0.15, 0.2) is 54.9 Å². The Hall–Kier alpha value is -4.45. The van der Waals surface area contributed by atoms with Crippen molar-refractivity contribution in [3.8, 4) is 17.3 Å². The van der Waals surface area contributed by atoms with E-state index in [0.29, 0.717) is 30.1 Å². The smallest absolute Gasteiger partial charge is 0.352 e. The van der Waals surface area contributed by atoms with E-state index < -0.39 is 5.97 Å². The van der Waals surface area contributed by atoms with Gasteiger partial charge in [0.15, 0.2) is 0 Å². The van der Waals surface area contributed by atoms with Gasteiger partial charge < -0.3 is 16.2 Å². The maximum Gasteiger partial charge on any atom is 0.352 e. The summed E-state index contributed by atoms with van der Waals surface area (Å²) >= 11 is 0. The second kappa shape index (κ2) is 7.89. The maximum absolute atomic E-state index is 11.8. The first-order valence-corrected chi connectivity index (χ1v) is 9.13. The molecule has 4 N–H and O–H groups in total. The van der Waals surface area contributed by atoms with E-state index in [1.54, 1.807) is 22.6 Å². The second-order valence-corrected chi connectivity index (χ2v) is 6.45. The van der Waals surface area contributed by atoms with Crippen LogP contribution >= 0.6 is 0 Å². The number of hydrogen-bond acceptors (Lipinski definition) is 7. The highest BCUT2D eigenvalue weighted by molar-refractivity contribution is 5.88. The van der Waals surface area contributed by atoms with Gasteiger partial charge in [-0.15, -0.1) is 0 Å². The molecule has 0 unspecified atom stereocenters. The highest BCUT2D eigenvalue weighted by Crippen LogP contribution is 2.27. The van der Waals surface area contributed by atoms with Crippen molar-refractivity contribution in [1.29, 1.82) is 5.26 Å². The zero-order chi connectivity index (χ0) is 21.1. The number of carbonyl (C=O) groups is 1. The summed E-state index contributed by atoms with van der Waals surface area (Å²) in [5.74, 6) is -0.574. The Morgan fingerprint density at radius 3 is 2.70 bits per heavy atom.